The van der Waals surface area contributed by atoms with E-state index in [0.29, 0.717) is 11.5 Å². The van der Waals surface area contributed by atoms with Crippen LogP contribution in [0, 0.1) is 5.41 Å². The lowest BCUT2D eigenvalue weighted by Gasteiger charge is -2.00. The van der Waals surface area contributed by atoms with Crippen LogP contribution in [0.25, 0.3) is 0 Å². The Hall–Kier alpha value is 0.01000. The van der Waals surface area contributed by atoms with Gasteiger partial charge in [0.05, 0.1) is 14.1 Å². The van der Waals surface area contributed by atoms with E-state index in [2.05, 4.69) is 15.3 Å². The average molecular weight is 390 g/mol. The fourth-order valence-corrected chi connectivity index (χ4v) is 1.04. The van der Waals surface area contributed by atoms with Crippen LogP contribution < -0.4 is 5.32 Å². The number of rotatable bonds is 4. The molecule has 0 aliphatic carbocycles. The van der Waals surface area contributed by atoms with Gasteiger partial charge >= 0.3 is 0 Å². The lowest BCUT2D eigenvalue weighted by molar-refractivity contribution is 1.01. The zero-order valence-corrected chi connectivity index (χ0v) is 10.7. The van der Waals surface area contributed by atoms with Crippen LogP contribution >= 0.6 is 45.2 Å². The van der Waals surface area contributed by atoms with Crippen LogP contribution in [0.1, 0.15) is 0 Å². The molecule has 0 aromatic rings. The molecule has 0 amide bonds. The van der Waals surface area contributed by atoms with Crippen LogP contribution in [-0.4, -0.2) is 21.7 Å². The number of nitrogens with one attached hydrogen (secondary N) is 2. The molecule has 66 valence electrons. The molecule has 0 saturated heterocycles. The van der Waals surface area contributed by atoms with E-state index < -0.39 is 0 Å². The highest BCUT2D eigenvalue weighted by atomic mass is 127. The molecule has 0 spiro atoms. The fourth-order valence-electron chi connectivity index (χ4n) is 0.513. The van der Waals surface area contributed by atoms with Crippen molar-refractivity contribution in [1.82, 2.24) is 5.32 Å². The molecule has 0 atom stereocenters. The standard InChI is InChI=1S/C6H8I2N4/c1-10-5(2-9)6(11-3-7)12-4-8/h2-4,9-10H,1H3/b9-2?,11-3-,12-4-. The van der Waals surface area contributed by atoms with Crippen molar-refractivity contribution in [2.45, 2.75) is 0 Å². The molecule has 0 aromatic carbocycles. The van der Waals surface area contributed by atoms with Crippen molar-refractivity contribution in [2.75, 3.05) is 7.05 Å². The summed E-state index contributed by atoms with van der Waals surface area (Å²) in [6, 6.07) is 0. The van der Waals surface area contributed by atoms with Gasteiger partial charge in [-0.3, -0.25) is 0 Å². The Morgan fingerprint density at radius 2 is 1.83 bits per heavy atom. The third-order valence-corrected chi connectivity index (χ3v) is 1.55. The van der Waals surface area contributed by atoms with Gasteiger partial charge in [0.25, 0.3) is 0 Å². The number of halogens is 2. The maximum Gasteiger partial charge on any atom is 0.177 e. The molecule has 0 aromatic heterocycles. The average Bonchev–Trinajstić information content (AvgIpc) is 2.07. The first kappa shape index (κ1) is 12.0. The lowest BCUT2D eigenvalue weighted by atomic mass is 10.4. The Bertz CT molecular complexity index is 218. The van der Waals surface area contributed by atoms with Gasteiger partial charge in [-0.15, -0.1) is 0 Å². The molecule has 0 aliphatic heterocycles. The quantitative estimate of drug-likeness (QED) is 0.560. The molecule has 12 heavy (non-hydrogen) atoms. The van der Waals surface area contributed by atoms with Crippen molar-refractivity contribution in [3.63, 3.8) is 0 Å². The van der Waals surface area contributed by atoms with Crippen LogP contribution in [0.2, 0.25) is 0 Å². The second kappa shape index (κ2) is 7.65. The van der Waals surface area contributed by atoms with Crippen LogP contribution in [0.4, 0.5) is 0 Å². The second-order valence-electron chi connectivity index (χ2n) is 1.58. The lowest BCUT2D eigenvalue weighted by Crippen LogP contribution is -2.08. The van der Waals surface area contributed by atoms with Gasteiger partial charge in [0.15, 0.2) is 5.82 Å². The normalized spacial score (nSPS) is 10.6. The molecule has 4 nitrogen and oxygen atoms in total. The molecule has 0 radical (unpaired) electrons. The minimum absolute atomic E-state index is 0.510. The number of allylic oxidation sites excluding steroid dienone is 1. The van der Waals surface area contributed by atoms with Crippen molar-refractivity contribution in [2.24, 2.45) is 9.98 Å². The summed E-state index contributed by atoms with van der Waals surface area (Å²) in [5.41, 5.74) is 0.593. The molecule has 0 bridgehead atoms. The molecule has 0 saturated carbocycles. The highest BCUT2D eigenvalue weighted by molar-refractivity contribution is 14.1. The van der Waals surface area contributed by atoms with Gasteiger partial charge in [-0.05, 0) is 45.2 Å². The number of hydrogen-bond donors (Lipinski definition) is 2. The minimum Gasteiger partial charge on any atom is -0.384 e. The van der Waals surface area contributed by atoms with E-state index in [1.165, 1.54) is 6.21 Å². The van der Waals surface area contributed by atoms with E-state index in [0.717, 1.165) is 0 Å². The summed E-state index contributed by atoms with van der Waals surface area (Å²) in [6.45, 7) is 0. The predicted octanol–water partition coefficient (Wildman–Crippen LogP) is 1.95. The first-order valence-electron chi connectivity index (χ1n) is 2.98. The molecule has 6 heteroatoms. The Labute approximate surface area is 98.4 Å². The molecular formula is C6H8I2N4. The van der Waals surface area contributed by atoms with Crippen LogP contribution in [0.5, 0.6) is 0 Å². The third-order valence-electron chi connectivity index (χ3n) is 0.997. The van der Waals surface area contributed by atoms with Gasteiger partial charge in [-0.25, -0.2) is 9.98 Å². The van der Waals surface area contributed by atoms with E-state index in [1.54, 1.807) is 15.5 Å². The summed E-state index contributed by atoms with van der Waals surface area (Å²) in [5.74, 6) is 0.510. The monoisotopic (exact) mass is 390 g/mol. The zero-order chi connectivity index (χ0) is 9.40. The van der Waals surface area contributed by atoms with Gasteiger partial charge in [-0.2, -0.15) is 0 Å². The third kappa shape index (κ3) is 4.14. The Morgan fingerprint density at radius 3 is 2.08 bits per heavy atom. The molecule has 0 heterocycles. The molecule has 0 rings (SSSR count). The van der Waals surface area contributed by atoms with Crippen molar-refractivity contribution < 1.29 is 0 Å². The van der Waals surface area contributed by atoms with Crippen molar-refractivity contribution in [3.8, 4) is 0 Å². The highest BCUT2D eigenvalue weighted by Gasteiger charge is 1.97. The first-order valence-corrected chi connectivity index (χ1v) is 5.47. The van der Waals surface area contributed by atoms with Crippen molar-refractivity contribution >= 4 is 59.8 Å². The summed E-state index contributed by atoms with van der Waals surface area (Å²) in [7, 11) is 1.73. The van der Waals surface area contributed by atoms with Gasteiger partial charge in [0, 0.05) is 13.3 Å². The topological polar surface area (TPSA) is 60.6 Å². The summed E-state index contributed by atoms with van der Waals surface area (Å²) in [5, 5.41) is 9.87. The van der Waals surface area contributed by atoms with Crippen LogP contribution in [0.3, 0.4) is 0 Å². The fraction of sp³-hybridized carbons (Fsp3) is 0.167. The van der Waals surface area contributed by atoms with Gasteiger partial charge < -0.3 is 10.7 Å². The molecule has 0 aliphatic rings. The Kier molecular flexibility index (Phi) is 7.65. The summed E-state index contributed by atoms with van der Waals surface area (Å²) in [4.78, 5) is 7.96. The number of aliphatic imine (C=N–C) groups is 2. The Morgan fingerprint density at radius 1 is 1.33 bits per heavy atom. The summed E-state index contributed by atoms with van der Waals surface area (Å²) < 4.78 is 3.22. The maximum absolute atomic E-state index is 7.05. The first-order chi connectivity index (χ1) is 5.79. The predicted molar refractivity (Wildman–Crippen MR) is 69.9 cm³/mol. The zero-order valence-electron chi connectivity index (χ0n) is 6.38. The van der Waals surface area contributed by atoms with E-state index in [4.69, 9.17) is 5.41 Å². The molecule has 0 fully saturated rings. The van der Waals surface area contributed by atoms with Gasteiger partial charge in [0.1, 0.15) is 0 Å². The van der Waals surface area contributed by atoms with Crippen molar-refractivity contribution in [3.05, 3.63) is 11.5 Å². The summed E-state index contributed by atoms with van der Waals surface area (Å²) >= 11 is 4.01. The van der Waals surface area contributed by atoms with E-state index in [9.17, 15) is 0 Å². The smallest absolute Gasteiger partial charge is 0.177 e. The number of hydrogen-bond acceptors (Lipinski definition) is 4. The summed E-state index contributed by atoms with van der Waals surface area (Å²) in [6.07, 6.45) is 1.18. The van der Waals surface area contributed by atoms with Gasteiger partial charge in [-0.1, -0.05) is 0 Å². The van der Waals surface area contributed by atoms with E-state index in [1.807, 2.05) is 45.2 Å². The second-order valence-corrected chi connectivity index (χ2v) is 2.70. The van der Waals surface area contributed by atoms with Crippen molar-refractivity contribution in [1.29, 1.82) is 5.41 Å². The minimum atomic E-state index is 0.510. The molecule has 0 unspecified atom stereocenters. The molecule has 2 N–H and O–H groups in total. The maximum atomic E-state index is 7.05. The number of nitrogens with zero attached hydrogens (tertiary/aromatic N) is 2. The molecular weight excluding hydrogens is 382 g/mol. The SMILES string of the molecule is CNC(C=N)=C(/N=C\I)/N=C\I. The van der Waals surface area contributed by atoms with Gasteiger partial charge in [0.2, 0.25) is 0 Å². The van der Waals surface area contributed by atoms with Crippen LogP contribution in [-0.2, 0) is 0 Å². The highest BCUT2D eigenvalue weighted by Crippen LogP contribution is 2.03. The van der Waals surface area contributed by atoms with Crippen LogP contribution in [0.15, 0.2) is 21.5 Å². The Balaban J connectivity index is 4.87. The van der Waals surface area contributed by atoms with E-state index >= 15 is 0 Å². The van der Waals surface area contributed by atoms with E-state index in [-0.39, 0.29) is 0 Å². The largest absolute Gasteiger partial charge is 0.384 e.